The van der Waals surface area contributed by atoms with Gasteiger partial charge in [-0.3, -0.25) is 0 Å². The number of aryl methyl sites for hydroxylation is 1. The van der Waals surface area contributed by atoms with Gasteiger partial charge in [-0.05, 0) is 65.5 Å². The van der Waals surface area contributed by atoms with Crippen LogP contribution in [0.4, 0.5) is 0 Å². The van der Waals surface area contributed by atoms with Crippen LogP contribution in [-0.4, -0.2) is 17.2 Å². The molecular weight excluding hydrogens is 276 g/mol. The Kier molecular flexibility index (Phi) is 3.32. The Morgan fingerprint density at radius 3 is 2.95 bits per heavy atom. The summed E-state index contributed by atoms with van der Waals surface area (Å²) in [5, 5.41) is 9.31. The molecule has 0 bridgehead atoms. The molecule has 108 valence electrons. The van der Waals surface area contributed by atoms with E-state index in [4.69, 9.17) is 0 Å². The lowest BCUT2D eigenvalue weighted by Crippen LogP contribution is -2.24. The van der Waals surface area contributed by atoms with Crippen LogP contribution in [0.25, 0.3) is 22.0 Å². The summed E-state index contributed by atoms with van der Waals surface area (Å²) in [4.78, 5) is 0. The van der Waals surface area contributed by atoms with Crippen LogP contribution in [0.2, 0.25) is 0 Å². The van der Waals surface area contributed by atoms with Gasteiger partial charge in [0.05, 0.1) is 0 Å². The summed E-state index contributed by atoms with van der Waals surface area (Å²) in [5.41, 5.74) is 5.42. The molecule has 1 aliphatic rings. The van der Waals surface area contributed by atoms with Crippen LogP contribution in [0.15, 0.2) is 41.1 Å². The van der Waals surface area contributed by atoms with Crippen LogP contribution in [0.5, 0.6) is 0 Å². The second-order valence-corrected chi connectivity index (χ2v) is 6.76. The molecule has 1 aliphatic heterocycles. The Bertz CT molecular complexity index is 749. The molecule has 21 heavy (non-hydrogen) atoms. The van der Waals surface area contributed by atoms with Gasteiger partial charge in [0.2, 0.25) is 0 Å². The highest BCUT2D eigenvalue weighted by Crippen LogP contribution is 2.28. The van der Waals surface area contributed by atoms with Crippen LogP contribution in [0, 0.1) is 0 Å². The van der Waals surface area contributed by atoms with Gasteiger partial charge in [-0.25, -0.2) is 0 Å². The molecule has 0 radical (unpaired) electrons. The van der Waals surface area contributed by atoms with Crippen molar-refractivity contribution in [1.82, 2.24) is 9.88 Å². The fraction of sp³-hybridized carbons (Fsp3) is 0.333. The van der Waals surface area contributed by atoms with E-state index in [-0.39, 0.29) is 0 Å². The average molecular weight is 296 g/mol. The molecule has 2 nitrogen and oxygen atoms in total. The molecular formula is C18H20N2S. The largest absolute Gasteiger partial charge is 0.348 e. The van der Waals surface area contributed by atoms with Crippen molar-refractivity contribution >= 4 is 22.2 Å². The van der Waals surface area contributed by atoms with Gasteiger partial charge in [0, 0.05) is 36.1 Å². The number of nitrogens with zero attached hydrogens (tertiary/aromatic N) is 1. The summed E-state index contributed by atoms with van der Waals surface area (Å²) in [6.45, 7) is 1.18. The van der Waals surface area contributed by atoms with Gasteiger partial charge >= 0.3 is 0 Å². The zero-order valence-corrected chi connectivity index (χ0v) is 13.1. The minimum atomic E-state index is 0.657. The molecule has 1 saturated heterocycles. The third kappa shape index (κ3) is 2.41. The first kappa shape index (κ1) is 13.1. The fourth-order valence-corrected chi connectivity index (χ4v) is 4.06. The number of benzene rings is 1. The third-order valence-corrected chi connectivity index (χ3v) is 5.30. The molecule has 1 atom stereocenters. The molecule has 0 saturated carbocycles. The van der Waals surface area contributed by atoms with E-state index in [9.17, 15) is 0 Å². The van der Waals surface area contributed by atoms with Crippen molar-refractivity contribution in [1.29, 1.82) is 0 Å². The Morgan fingerprint density at radius 2 is 2.19 bits per heavy atom. The molecule has 0 unspecified atom stereocenters. The van der Waals surface area contributed by atoms with Crippen LogP contribution in [0.3, 0.4) is 0 Å². The van der Waals surface area contributed by atoms with Crippen molar-refractivity contribution in [3.63, 3.8) is 0 Å². The van der Waals surface area contributed by atoms with Gasteiger partial charge in [-0.1, -0.05) is 6.07 Å². The first-order valence-electron chi connectivity index (χ1n) is 7.65. The number of aromatic nitrogens is 1. The lowest BCUT2D eigenvalue weighted by atomic mass is 10.1. The van der Waals surface area contributed by atoms with Gasteiger partial charge in [0.15, 0.2) is 0 Å². The zero-order valence-electron chi connectivity index (χ0n) is 12.3. The number of thiophene rings is 1. The highest BCUT2D eigenvalue weighted by molar-refractivity contribution is 7.08. The zero-order chi connectivity index (χ0) is 14.2. The van der Waals surface area contributed by atoms with Crippen molar-refractivity contribution in [3.05, 3.63) is 46.8 Å². The second kappa shape index (κ2) is 5.32. The fourth-order valence-electron chi connectivity index (χ4n) is 3.39. The quantitative estimate of drug-likeness (QED) is 0.766. The summed E-state index contributed by atoms with van der Waals surface area (Å²) >= 11 is 1.76. The summed E-state index contributed by atoms with van der Waals surface area (Å²) < 4.78 is 2.35. The van der Waals surface area contributed by atoms with Gasteiger partial charge < -0.3 is 9.88 Å². The van der Waals surface area contributed by atoms with E-state index < -0.39 is 0 Å². The van der Waals surface area contributed by atoms with E-state index in [0.29, 0.717) is 6.04 Å². The maximum Gasteiger partial charge on any atom is 0.0480 e. The number of hydrogen-bond acceptors (Lipinski definition) is 2. The number of hydrogen-bond donors (Lipinski definition) is 1. The molecule has 1 fully saturated rings. The highest BCUT2D eigenvalue weighted by atomic mass is 32.1. The molecule has 3 heteroatoms. The van der Waals surface area contributed by atoms with E-state index in [0.717, 1.165) is 6.42 Å². The normalized spacial score (nSPS) is 18.6. The minimum absolute atomic E-state index is 0.657. The van der Waals surface area contributed by atoms with Crippen molar-refractivity contribution < 1.29 is 0 Å². The third-order valence-electron chi connectivity index (χ3n) is 4.61. The van der Waals surface area contributed by atoms with E-state index in [1.165, 1.54) is 47.1 Å². The van der Waals surface area contributed by atoms with Gasteiger partial charge in [-0.15, -0.1) is 0 Å². The molecule has 3 heterocycles. The standard InChI is InChI=1S/C18H20N2S/c1-20-17(11-16-3-2-7-19-16)10-15-9-13(4-5-18(15)20)14-6-8-21-12-14/h4-6,8-10,12,16,19H,2-3,7,11H2,1H3/t16-/m1/s1. The summed E-state index contributed by atoms with van der Waals surface area (Å²) in [6.07, 6.45) is 3.76. The van der Waals surface area contributed by atoms with Gasteiger partial charge in [0.25, 0.3) is 0 Å². The van der Waals surface area contributed by atoms with E-state index in [2.05, 4.69) is 58.0 Å². The number of rotatable bonds is 3. The van der Waals surface area contributed by atoms with Gasteiger partial charge in [0.1, 0.15) is 0 Å². The molecule has 4 rings (SSSR count). The smallest absolute Gasteiger partial charge is 0.0480 e. The van der Waals surface area contributed by atoms with Gasteiger partial charge in [-0.2, -0.15) is 11.3 Å². The van der Waals surface area contributed by atoms with Crippen molar-refractivity contribution in [2.75, 3.05) is 6.54 Å². The maximum atomic E-state index is 3.60. The Morgan fingerprint density at radius 1 is 1.24 bits per heavy atom. The molecule has 1 N–H and O–H groups in total. The first-order valence-corrected chi connectivity index (χ1v) is 8.60. The van der Waals surface area contributed by atoms with E-state index >= 15 is 0 Å². The topological polar surface area (TPSA) is 17.0 Å². The van der Waals surface area contributed by atoms with Crippen molar-refractivity contribution in [3.8, 4) is 11.1 Å². The van der Waals surface area contributed by atoms with Crippen LogP contribution >= 0.6 is 11.3 Å². The van der Waals surface area contributed by atoms with Crippen LogP contribution in [-0.2, 0) is 13.5 Å². The Hall–Kier alpha value is -1.58. The lowest BCUT2D eigenvalue weighted by molar-refractivity contribution is 0.585. The van der Waals surface area contributed by atoms with E-state index in [1.54, 1.807) is 11.3 Å². The highest BCUT2D eigenvalue weighted by Gasteiger charge is 2.17. The lowest BCUT2D eigenvalue weighted by Gasteiger charge is -2.10. The predicted octanol–water partition coefficient (Wildman–Crippen LogP) is 4.20. The van der Waals surface area contributed by atoms with Crippen molar-refractivity contribution in [2.45, 2.75) is 25.3 Å². The monoisotopic (exact) mass is 296 g/mol. The summed E-state index contributed by atoms with van der Waals surface area (Å²) in [7, 11) is 2.19. The predicted molar refractivity (Wildman–Crippen MR) is 91.0 cm³/mol. The molecule has 0 aliphatic carbocycles. The van der Waals surface area contributed by atoms with Crippen LogP contribution < -0.4 is 5.32 Å². The van der Waals surface area contributed by atoms with Crippen LogP contribution in [0.1, 0.15) is 18.5 Å². The molecule has 0 amide bonds. The first-order chi connectivity index (χ1) is 10.3. The second-order valence-electron chi connectivity index (χ2n) is 5.98. The Balaban J connectivity index is 1.71. The SMILES string of the molecule is Cn1c(C[C@H]2CCCN2)cc2cc(-c3ccsc3)ccc21. The number of fused-ring (bicyclic) bond motifs is 1. The molecule has 2 aromatic heterocycles. The summed E-state index contributed by atoms with van der Waals surface area (Å²) in [5.74, 6) is 0. The molecule has 0 spiro atoms. The Labute approximate surface area is 129 Å². The van der Waals surface area contributed by atoms with E-state index in [1.807, 2.05) is 0 Å². The van der Waals surface area contributed by atoms with Crippen molar-refractivity contribution in [2.24, 2.45) is 7.05 Å². The molecule has 1 aromatic carbocycles. The molecule has 3 aromatic rings. The number of nitrogens with one attached hydrogen (secondary N) is 1. The maximum absolute atomic E-state index is 3.60. The minimum Gasteiger partial charge on any atom is -0.348 e. The average Bonchev–Trinajstić information content (AvgIpc) is 3.22. The summed E-state index contributed by atoms with van der Waals surface area (Å²) in [6, 6.07) is 12.0.